The summed E-state index contributed by atoms with van der Waals surface area (Å²) in [6, 6.07) is 7.69. The van der Waals surface area contributed by atoms with E-state index in [1.54, 1.807) is 13.1 Å². The van der Waals surface area contributed by atoms with Crippen LogP contribution in [0.15, 0.2) is 36.7 Å². The smallest absolute Gasteiger partial charge is 0.159 e. The summed E-state index contributed by atoms with van der Waals surface area (Å²) in [5.74, 6) is 1.10. The molecule has 2 aromatic rings. The number of aromatic nitrogens is 2. The predicted octanol–water partition coefficient (Wildman–Crippen LogP) is 2.21. The lowest BCUT2D eigenvalue weighted by atomic mass is 10.1. The van der Waals surface area contributed by atoms with Gasteiger partial charge in [0.25, 0.3) is 0 Å². The number of ketones is 1. The average Bonchev–Trinajstić information content (AvgIpc) is 2.65. The molecule has 0 N–H and O–H groups in total. The van der Waals surface area contributed by atoms with Crippen molar-refractivity contribution in [3.05, 3.63) is 53.6 Å². The lowest BCUT2D eigenvalue weighted by molar-refractivity contribution is 0.101. The molecule has 0 amide bonds. The third kappa shape index (κ3) is 2.19. The topological polar surface area (TPSA) is 34.9 Å². The third-order valence-electron chi connectivity index (χ3n) is 2.62. The molecule has 0 spiro atoms. The van der Waals surface area contributed by atoms with Gasteiger partial charge in [0, 0.05) is 31.4 Å². The Morgan fingerprint density at radius 1 is 1.44 bits per heavy atom. The highest BCUT2D eigenvalue weighted by molar-refractivity contribution is 5.94. The molecule has 1 aromatic heterocycles. The number of Topliss-reactive ketones (excluding diaryl/α,β-unsaturated/α-hetero) is 1. The molecule has 2 rings (SSSR count). The summed E-state index contributed by atoms with van der Waals surface area (Å²) in [6.45, 7) is 1.58. The summed E-state index contributed by atoms with van der Waals surface area (Å²) >= 11 is 0. The Hall–Kier alpha value is -1.90. The van der Waals surface area contributed by atoms with Crippen molar-refractivity contribution in [3.63, 3.8) is 0 Å². The number of carbonyl (C=O) groups excluding carboxylic acids is 1. The molecule has 0 bridgehead atoms. The van der Waals surface area contributed by atoms with Crippen LogP contribution in [-0.2, 0) is 13.5 Å². The number of benzene rings is 1. The summed E-state index contributed by atoms with van der Waals surface area (Å²) in [7, 11) is 1.97. The van der Waals surface area contributed by atoms with Crippen LogP contribution in [0.5, 0.6) is 0 Å². The van der Waals surface area contributed by atoms with Gasteiger partial charge < -0.3 is 4.57 Å². The van der Waals surface area contributed by atoms with E-state index in [0.717, 1.165) is 23.4 Å². The van der Waals surface area contributed by atoms with E-state index >= 15 is 0 Å². The Bertz CT molecular complexity index is 514. The molecular formula is C13H14N2O. The van der Waals surface area contributed by atoms with Crippen LogP contribution in [0.4, 0.5) is 0 Å². The highest BCUT2D eigenvalue weighted by Crippen LogP contribution is 2.10. The zero-order chi connectivity index (χ0) is 11.5. The maximum absolute atomic E-state index is 11.2. The fourth-order valence-electron chi connectivity index (χ4n) is 1.65. The minimum absolute atomic E-state index is 0.0988. The maximum Gasteiger partial charge on any atom is 0.159 e. The molecule has 3 nitrogen and oxygen atoms in total. The standard InChI is InChI=1S/C13H14N2O/c1-10(16)12-5-3-4-11(8-12)9-13-14-6-7-15(13)2/h3-8H,9H2,1-2H3. The number of rotatable bonds is 3. The van der Waals surface area contributed by atoms with E-state index in [1.165, 1.54) is 0 Å². The van der Waals surface area contributed by atoms with Crippen LogP contribution in [0.2, 0.25) is 0 Å². The van der Waals surface area contributed by atoms with Crippen LogP contribution in [-0.4, -0.2) is 15.3 Å². The second-order valence-electron chi connectivity index (χ2n) is 3.89. The number of aryl methyl sites for hydroxylation is 1. The molecule has 0 aliphatic carbocycles. The van der Waals surface area contributed by atoms with E-state index in [4.69, 9.17) is 0 Å². The first-order valence-electron chi connectivity index (χ1n) is 5.23. The van der Waals surface area contributed by atoms with Crippen molar-refractivity contribution in [1.82, 2.24) is 9.55 Å². The molecule has 3 heteroatoms. The SMILES string of the molecule is CC(=O)c1cccc(Cc2nccn2C)c1. The number of imidazole rings is 1. The van der Waals surface area contributed by atoms with Gasteiger partial charge in [0.1, 0.15) is 5.82 Å². The quantitative estimate of drug-likeness (QED) is 0.734. The highest BCUT2D eigenvalue weighted by Gasteiger charge is 2.04. The van der Waals surface area contributed by atoms with Gasteiger partial charge in [-0.15, -0.1) is 0 Å². The van der Waals surface area contributed by atoms with Crippen molar-refractivity contribution in [1.29, 1.82) is 0 Å². The van der Waals surface area contributed by atoms with E-state index in [-0.39, 0.29) is 5.78 Å². The van der Waals surface area contributed by atoms with Crippen molar-refractivity contribution < 1.29 is 4.79 Å². The van der Waals surface area contributed by atoms with Crippen molar-refractivity contribution in [2.75, 3.05) is 0 Å². The molecule has 82 valence electrons. The largest absolute Gasteiger partial charge is 0.338 e. The normalized spacial score (nSPS) is 10.4. The average molecular weight is 214 g/mol. The lowest BCUT2D eigenvalue weighted by Gasteiger charge is -2.03. The fourth-order valence-corrected chi connectivity index (χ4v) is 1.65. The Balaban J connectivity index is 2.25. The van der Waals surface area contributed by atoms with E-state index in [0.29, 0.717) is 0 Å². The van der Waals surface area contributed by atoms with Crippen molar-refractivity contribution in [3.8, 4) is 0 Å². The highest BCUT2D eigenvalue weighted by atomic mass is 16.1. The van der Waals surface area contributed by atoms with Gasteiger partial charge in [0.05, 0.1) is 0 Å². The first-order valence-corrected chi connectivity index (χ1v) is 5.23. The number of hydrogen-bond donors (Lipinski definition) is 0. The molecule has 1 aromatic carbocycles. The van der Waals surface area contributed by atoms with Gasteiger partial charge in [-0.25, -0.2) is 4.98 Å². The second-order valence-corrected chi connectivity index (χ2v) is 3.89. The van der Waals surface area contributed by atoms with Crippen LogP contribution < -0.4 is 0 Å². The van der Waals surface area contributed by atoms with E-state index in [2.05, 4.69) is 4.98 Å². The Labute approximate surface area is 94.7 Å². The predicted molar refractivity (Wildman–Crippen MR) is 62.5 cm³/mol. The zero-order valence-corrected chi connectivity index (χ0v) is 9.47. The maximum atomic E-state index is 11.2. The molecule has 0 radical (unpaired) electrons. The van der Waals surface area contributed by atoms with Gasteiger partial charge in [-0.3, -0.25) is 4.79 Å². The molecule has 0 saturated carbocycles. The molecule has 0 aliphatic heterocycles. The van der Waals surface area contributed by atoms with Crippen LogP contribution in [0.25, 0.3) is 0 Å². The monoisotopic (exact) mass is 214 g/mol. The van der Waals surface area contributed by atoms with Gasteiger partial charge in [-0.1, -0.05) is 18.2 Å². The van der Waals surface area contributed by atoms with Crippen molar-refractivity contribution in [2.24, 2.45) is 7.05 Å². The Morgan fingerprint density at radius 2 is 2.25 bits per heavy atom. The fraction of sp³-hybridized carbons (Fsp3) is 0.231. The summed E-state index contributed by atoms with van der Waals surface area (Å²) < 4.78 is 1.99. The number of carbonyl (C=O) groups is 1. The molecule has 0 saturated heterocycles. The van der Waals surface area contributed by atoms with Crippen molar-refractivity contribution in [2.45, 2.75) is 13.3 Å². The molecule has 0 unspecified atom stereocenters. The summed E-state index contributed by atoms with van der Waals surface area (Å²) in [4.78, 5) is 15.5. The molecule has 1 heterocycles. The number of hydrogen-bond acceptors (Lipinski definition) is 2. The van der Waals surface area contributed by atoms with Crippen LogP contribution in [0.1, 0.15) is 28.7 Å². The number of nitrogens with zero attached hydrogens (tertiary/aromatic N) is 2. The summed E-state index contributed by atoms with van der Waals surface area (Å²) in [5, 5.41) is 0. The summed E-state index contributed by atoms with van der Waals surface area (Å²) in [5.41, 5.74) is 1.87. The second kappa shape index (κ2) is 4.31. The minimum Gasteiger partial charge on any atom is -0.338 e. The van der Waals surface area contributed by atoms with Gasteiger partial charge in [0.15, 0.2) is 5.78 Å². The van der Waals surface area contributed by atoms with E-state index in [9.17, 15) is 4.79 Å². The molecule has 0 fully saturated rings. The van der Waals surface area contributed by atoms with Crippen molar-refractivity contribution >= 4 is 5.78 Å². The third-order valence-corrected chi connectivity index (χ3v) is 2.62. The molecular weight excluding hydrogens is 200 g/mol. The van der Waals surface area contributed by atoms with Crippen LogP contribution in [0, 0.1) is 0 Å². The zero-order valence-electron chi connectivity index (χ0n) is 9.47. The van der Waals surface area contributed by atoms with Crippen LogP contribution >= 0.6 is 0 Å². The van der Waals surface area contributed by atoms with E-state index in [1.807, 2.05) is 42.1 Å². The minimum atomic E-state index is 0.0988. The van der Waals surface area contributed by atoms with E-state index < -0.39 is 0 Å². The lowest BCUT2D eigenvalue weighted by Crippen LogP contribution is -2.00. The summed E-state index contributed by atoms with van der Waals surface area (Å²) in [6.07, 6.45) is 4.46. The van der Waals surface area contributed by atoms with Crippen LogP contribution in [0.3, 0.4) is 0 Å². The van der Waals surface area contributed by atoms with Gasteiger partial charge >= 0.3 is 0 Å². The van der Waals surface area contributed by atoms with Gasteiger partial charge in [0.2, 0.25) is 0 Å². The molecule has 16 heavy (non-hydrogen) atoms. The molecule has 0 atom stereocenters. The van der Waals surface area contributed by atoms with Gasteiger partial charge in [-0.2, -0.15) is 0 Å². The first-order chi connectivity index (χ1) is 7.66. The Morgan fingerprint density at radius 3 is 2.88 bits per heavy atom. The Kier molecular flexibility index (Phi) is 2.86. The molecule has 0 aliphatic rings. The van der Waals surface area contributed by atoms with Gasteiger partial charge in [-0.05, 0) is 18.6 Å². The first kappa shape index (κ1) is 10.6.